The van der Waals surface area contributed by atoms with Crippen LogP contribution in [0.4, 0.5) is 0 Å². The van der Waals surface area contributed by atoms with Crippen molar-refractivity contribution in [2.24, 2.45) is 0 Å². The summed E-state index contributed by atoms with van der Waals surface area (Å²) in [7, 11) is 0. The molecule has 0 aliphatic carbocycles. The van der Waals surface area contributed by atoms with Crippen molar-refractivity contribution in [3.63, 3.8) is 0 Å². The molecule has 3 rings (SSSR count). The van der Waals surface area contributed by atoms with Crippen molar-refractivity contribution in [1.29, 1.82) is 0 Å². The Hall–Kier alpha value is -2.57. The number of carbonyl (C=O) groups excluding carboxylic acids is 2. The second-order valence-corrected chi connectivity index (χ2v) is 7.41. The fourth-order valence-corrected chi connectivity index (χ4v) is 3.36. The van der Waals surface area contributed by atoms with Gasteiger partial charge in [0.1, 0.15) is 5.75 Å². The van der Waals surface area contributed by atoms with Gasteiger partial charge in [-0.05, 0) is 23.8 Å². The number of benzene rings is 2. The molecule has 1 aliphatic rings. The molecule has 0 unspecified atom stereocenters. The summed E-state index contributed by atoms with van der Waals surface area (Å²) in [6.45, 7) is 3.85. The summed E-state index contributed by atoms with van der Waals surface area (Å²) in [6, 6.07) is 17.0. The van der Waals surface area contributed by atoms with Crippen molar-refractivity contribution >= 4 is 23.4 Å². The van der Waals surface area contributed by atoms with Crippen molar-refractivity contribution in [2.45, 2.75) is 13.0 Å². The maximum Gasteiger partial charge on any atom is 0.234 e. The van der Waals surface area contributed by atoms with Gasteiger partial charge in [0.25, 0.3) is 0 Å². The Morgan fingerprint density at radius 2 is 1.76 bits per heavy atom. The van der Waals surface area contributed by atoms with Gasteiger partial charge in [0.15, 0.2) is 0 Å². The topological polar surface area (TPSA) is 61.9 Å². The molecule has 1 fully saturated rings. The number of hydrogen-bond donors (Lipinski definition) is 1. The van der Waals surface area contributed by atoms with E-state index in [0.29, 0.717) is 63.1 Å². The van der Waals surface area contributed by atoms with E-state index in [1.54, 1.807) is 12.1 Å². The lowest BCUT2D eigenvalue weighted by molar-refractivity contribution is -0.133. The molecule has 6 nitrogen and oxygen atoms in total. The van der Waals surface area contributed by atoms with E-state index in [0.717, 1.165) is 5.56 Å². The Morgan fingerprint density at radius 1 is 1.00 bits per heavy atom. The number of rotatable bonds is 8. The van der Waals surface area contributed by atoms with Crippen LogP contribution in [0.3, 0.4) is 0 Å². The molecule has 7 heteroatoms. The number of amides is 2. The van der Waals surface area contributed by atoms with Crippen molar-refractivity contribution in [3.8, 4) is 5.75 Å². The highest BCUT2D eigenvalue weighted by Gasteiger charge is 2.22. The Kier molecular flexibility index (Phi) is 7.90. The number of carbonyl (C=O) groups is 2. The fourth-order valence-electron chi connectivity index (χ4n) is 3.18. The minimum absolute atomic E-state index is 0.00329. The van der Waals surface area contributed by atoms with Crippen LogP contribution in [0.5, 0.6) is 5.75 Å². The first-order valence-corrected chi connectivity index (χ1v) is 10.2. The van der Waals surface area contributed by atoms with Crippen LogP contribution in [-0.4, -0.2) is 60.9 Å². The van der Waals surface area contributed by atoms with E-state index >= 15 is 0 Å². The van der Waals surface area contributed by atoms with Crippen molar-refractivity contribution in [3.05, 3.63) is 65.2 Å². The van der Waals surface area contributed by atoms with Gasteiger partial charge in [-0.2, -0.15) is 0 Å². The van der Waals surface area contributed by atoms with Crippen LogP contribution in [0.15, 0.2) is 54.6 Å². The van der Waals surface area contributed by atoms with Gasteiger partial charge in [0.05, 0.1) is 19.6 Å². The Bertz CT molecular complexity index is 808. The fraction of sp³-hybridized carbons (Fsp3) is 0.364. The summed E-state index contributed by atoms with van der Waals surface area (Å²) >= 11 is 5.92. The summed E-state index contributed by atoms with van der Waals surface area (Å²) in [5, 5.41) is 3.55. The van der Waals surface area contributed by atoms with E-state index in [1.165, 1.54) is 0 Å². The van der Waals surface area contributed by atoms with Crippen LogP contribution in [0.2, 0.25) is 5.02 Å². The van der Waals surface area contributed by atoms with Gasteiger partial charge >= 0.3 is 0 Å². The number of piperazine rings is 1. The predicted molar refractivity (Wildman–Crippen MR) is 113 cm³/mol. The molecule has 29 heavy (non-hydrogen) atoms. The van der Waals surface area contributed by atoms with Gasteiger partial charge in [-0.3, -0.25) is 14.5 Å². The molecule has 0 bridgehead atoms. The average molecular weight is 416 g/mol. The lowest BCUT2D eigenvalue weighted by Crippen LogP contribution is -2.51. The second kappa shape index (κ2) is 10.8. The van der Waals surface area contributed by atoms with Gasteiger partial charge in [-0.25, -0.2) is 0 Å². The first-order valence-electron chi connectivity index (χ1n) is 9.79. The van der Waals surface area contributed by atoms with Crippen LogP contribution in [0.1, 0.15) is 12.0 Å². The lowest BCUT2D eigenvalue weighted by Gasteiger charge is -2.34. The summed E-state index contributed by atoms with van der Waals surface area (Å²) in [5.41, 5.74) is 1.08. The van der Waals surface area contributed by atoms with Crippen molar-refractivity contribution in [2.75, 3.05) is 39.3 Å². The average Bonchev–Trinajstić information content (AvgIpc) is 2.73. The second-order valence-electron chi connectivity index (χ2n) is 6.98. The summed E-state index contributed by atoms with van der Waals surface area (Å²) in [4.78, 5) is 28.4. The Labute approximate surface area is 176 Å². The van der Waals surface area contributed by atoms with Crippen LogP contribution < -0.4 is 10.1 Å². The van der Waals surface area contributed by atoms with Gasteiger partial charge in [0.2, 0.25) is 11.8 Å². The molecule has 2 aromatic rings. The van der Waals surface area contributed by atoms with E-state index in [2.05, 4.69) is 10.2 Å². The van der Waals surface area contributed by atoms with Crippen LogP contribution in [-0.2, 0) is 16.1 Å². The number of ether oxygens (including phenoxy) is 1. The molecule has 0 atom stereocenters. The highest BCUT2D eigenvalue weighted by atomic mass is 35.5. The highest BCUT2D eigenvalue weighted by Crippen LogP contribution is 2.17. The summed E-state index contributed by atoms with van der Waals surface area (Å²) in [6.07, 6.45) is 0.323. The standard InChI is InChI=1S/C22H26ClN3O3/c23-19-7-4-8-20(15-19)29-14-9-22(28)26-12-10-25(11-13-26)17-21(27)24-16-18-5-2-1-3-6-18/h1-8,15H,9-14,16-17H2,(H,24,27). The molecule has 0 spiro atoms. The minimum atomic E-state index is 0.00329. The summed E-state index contributed by atoms with van der Waals surface area (Å²) < 4.78 is 5.59. The Balaban J connectivity index is 1.32. The molecule has 0 saturated carbocycles. The molecule has 0 aromatic heterocycles. The first kappa shape index (κ1) is 21.1. The SMILES string of the molecule is O=C(CN1CCN(C(=O)CCOc2cccc(Cl)c2)CC1)NCc1ccccc1. The molecular weight excluding hydrogens is 390 g/mol. The maximum atomic E-state index is 12.4. The monoisotopic (exact) mass is 415 g/mol. The number of halogens is 1. The van der Waals surface area contributed by atoms with Crippen LogP contribution >= 0.6 is 11.6 Å². The highest BCUT2D eigenvalue weighted by molar-refractivity contribution is 6.30. The lowest BCUT2D eigenvalue weighted by atomic mass is 10.2. The smallest absolute Gasteiger partial charge is 0.234 e. The van der Waals surface area contributed by atoms with Crippen LogP contribution in [0, 0.1) is 0 Å². The third-order valence-corrected chi connectivity index (χ3v) is 5.04. The van der Waals surface area contributed by atoms with E-state index in [1.807, 2.05) is 47.4 Å². The minimum Gasteiger partial charge on any atom is -0.493 e. The first-order chi connectivity index (χ1) is 14.1. The van der Waals surface area contributed by atoms with Crippen LogP contribution in [0.25, 0.3) is 0 Å². The zero-order valence-electron chi connectivity index (χ0n) is 16.4. The zero-order valence-corrected chi connectivity index (χ0v) is 17.1. The molecule has 0 radical (unpaired) electrons. The third-order valence-electron chi connectivity index (χ3n) is 4.81. The third kappa shape index (κ3) is 7.07. The van der Waals surface area contributed by atoms with Gasteiger partial charge in [0, 0.05) is 37.7 Å². The molecule has 1 aliphatic heterocycles. The number of hydrogen-bond acceptors (Lipinski definition) is 4. The van der Waals surface area contributed by atoms with E-state index < -0.39 is 0 Å². The normalized spacial score (nSPS) is 14.4. The molecule has 2 aromatic carbocycles. The van der Waals surface area contributed by atoms with Gasteiger partial charge < -0.3 is 15.0 Å². The molecule has 2 amide bonds. The van der Waals surface area contributed by atoms with E-state index in [4.69, 9.17) is 16.3 Å². The summed E-state index contributed by atoms with van der Waals surface area (Å²) in [5.74, 6) is 0.736. The molecule has 154 valence electrons. The van der Waals surface area contributed by atoms with E-state index in [9.17, 15) is 9.59 Å². The molecule has 1 saturated heterocycles. The van der Waals surface area contributed by atoms with Gasteiger partial charge in [-0.1, -0.05) is 48.0 Å². The number of nitrogens with zero attached hydrogens (tertiary/aromatic N) is 2. The quantitative estimate of drug-likeness (QED) is 0.719. The zero-order chi connectivity index (χ0) is 20.5. The van der Waals surface area contributed by atoms with E-state index in [-0.39, 0.29) is 11.8 Å². The van der Waals surface area contributed by atoms with Crippen molar-refractivity contribution < 1.29 is 14.3 Å². The molecular formula is C22H26ClN3O3. The van der Waals surface area contributed by atoms with Gasteiger partial charge in [-0.15, -0.1) is 0 Å². The largest absolute Gasteiger partial charge is 0.493 e. The predicted octanol–water partition coefficient (Wildman–Crippen LogP) is 2.57. The number of nitrogens with one attached hydrogen (secondary N) is 1. The maximum absolute atomic E-state index is 12.4. The molecule has 1 N–H and O–H groups in total. The molecule has 1 heterocycles. The van der Waals surface area contributed by atoms with Crippen molar-refractivity contribution in [1.82, 2.24) is 15.1 Å². The Morgan fingerprint density at radius 3 is 2.48 bits per heavy atom.